The zero-order valence-electron chi connectivity index (χ0n) is 11.2. The van der Waals surface area contributed by atoms with Crippen LogP contribution in [0.15, 0.2) is 41.7 Å². The lowest BCUT2D eigenvalue weighted by Crippen LogP contribution is -2.43. The standard InChI is InChI=1S/C14H14FN5O/c15-11-3-1-2-4-12(11)19-14(16)20(10-5-6-10)13(21)9-7-17-18-8-9/h1-4,7-8,10H,5-6H2,(H2,16,19)(H,17,18). The minimum atomic E-state index is -0.480. The SMILES string of the molecule is NC(=Nc1ccccc1F)N(C(=O)c1cn[nH]c1)C1CC1. The summed E-state index contributed by atoms with van der Waals surface area (Å²) in [6.45, 7) is 0. The molecule has 0 spiro atoms. The molecule has 1 aliphatic rings. The van der Waals surface area contributed by atoms with Gasteiger partial charge >= 0.3 is 0 Å². The first-order chi connectivity index (χ1) is 10.2. The number of guanidine groups is 1. The molecule has 3 N–H and O–H groups in total. The third-order valence-corrected chi connectivity index (χ3v) is 3.21. The van der Waals surface area contributed by atoms with E-state index in [1.54, 1.807) is 12.1 Å². The van der Waals surface area contributed by atoms with Crippen LogP contribution in [0.5, 0.6) is 0 Å². The van der Waals surface area contributed by atoms with Crippen molar-refractivity contribution in [1.82, 2.24) is 15.1 Å². The van der Waals surface area contributed by atoms with Crippen LogP contribution < -0.4 is 5.73 Å². The smallest absolute Gasteiger partial charge is 0.264 e. The summed E-state index contributed by atoms with van der Waals surface area (Å²) in [5, 5.41) is 6.33. The molecule has 1 fully saturated rings. The average Bonchev–Trinajstić information content (AvgIpc) is 3.14. The lowest BCUT2D eigenvalue weighted by molar-refractivity contribution is 0.0838. The number of halogens is 1. The Morgan fingerprint density at radius 1 is 1.43 bits per heavy atom. The van der Waals surface area contributed by atoms with Gasteiger partial charge in [0.25, 0.3) is 5.91 Å². The van der Waals surface area contributed by atoms with E-state index >= 15 is 0 Å². The number of hydrogen-bond donors (Lipinski definition) is 2. The normalized spacial score (nSPS) is 15.0. The Balaban J connectivity index is 1.91. The predicted molar refractivity (Wildman–Crippen MR) is 75.5 cm³/mol. The Labute approximate surface area is 120 Å². The van der Waals surface area contributed by atoms with Gasteiger partial charge in [0.15, 0.2) is 0 Å². The molecule has 1 amide bonds. The number of nitrogens with two attached hydrogens (primary N) is 1. The van der Waals surface area contributed by atoms with E-state index in [9.17, 15) is 9.18 Å². The fourth-order valence-corrected chi connectivity index (χ4v) is 2.02. The molecule has 7 heteroatoms. The minimum Gasteiger partial charge on any atom is -0.369 e. The van der Waals surface area contributed by atoms with Crippen LogP contribution in [0.3, 0.4) is 0 Å². The molecular weight excluding hydrogens is 273 g/mol. The van der Waals surface area contributed by atoms with Crippen molar-refractivity contribution in [2.75, 3.05) is 0 Å². The second-order valence-corrected chi connectivity index (χ2v) is 4.81. The van der Waals surface area contributed by atoms with Crippen molar-refractivity contribution in [1.29, 1.82) is 0 Å². The monoisotopic (exact) mass is 287 g/mol. The van der Waals surface area contributed by atoms with E-state index in [0.29, 0.717) is 5.56 Å². The molecule has 1 aromatic carbocycles. The molecule has 21 heavy (non-hydrogen) atoms. The van der Waals surface area contributed by atoms with Crippen LogP contribution in [0.2, 0.25) is 0 Å². The molecule has 0 aliphatic heterocycles. The van der Waals surface area contributed by atoms with Crippen molar-refractivity contribution >= 4 is 17.6 Å². The van der Waals surface area contributed by atoms with Gasteiger partial charge in [0, 0.05) is 12.2 Å². The molecule has 1 aromatic heterocycles. The van der Waals surface area contributed by atoms with E-state index in [1.165, 1.54) is 29.4 Å². The fourth-order valence-electron chi connectivity index (χ4n) is 2.02. The highest BCUT2D eigenvalue weighted by atomic mass is 19.1. The van der Waals surface area contributed by atoms with Crippen molar-refractivity contribution in [2.24, 2.45) is 10.7 Å². The molecule has 1 saturated carbocycles. The predicted octanol–water partition coefficient (Wildman–Crippen LogP) is 1.80. The number of aromatic amines is 1. The molecule has 6 nitrogen and oxygen atoms in total. The van der Waals surface area contributed by atoms with Gasteiger partial charge in [-0.15, -0.1) is 0 Å². The second-order valence-electron chi connectivity index (χ2n) is 4.81. The number of rotatable bonds is 3. The number of H-pyrrole nitrogens is 1. The van der Waals surface area contributed by atoms with Crippen LogP contribution in [0.25, 0.3) is 0 Å². The number of aromatic nitrogens is 2. The van der Waals surface area contributed by atoms with Gasteiger partial charge in [-0.1, -0.05) is 12.1 Å². The average molecular weight is 287 g/mol. The summed E-state index contributed by atoms with van der Waals surface area (Å²) < 4.78 is 13.6. The summed E-state index contributed by atoms with van der Waals surface area (Å²) in [6.07, 6.45) is 4.64. The zero-order valence-corrected chi connectivity index (χ0v) is 11.2. The van der Waals surface area contributed by atoms with Crippen LogP contribution in [0.4, 0.5) is 10.1 Å². The second kappa shape index (κ2) is 5.35. The van der Waals surface area contributed by atoms with Gasteiger partial charge in [-0.05, 0) is 25.0 Å². The lowest BCUT2D eigenvalue weighted by Gasteiger charge is -2.20. The number of aliphatic imine (C=N–C) groups is 1. The van der Waals surface area contributed by atoms with E-state index < -0.39 is 5.82 Å². The van der Waals surface area contributed by atoms with E-state index in [-0.39, 0.29) is 23.6 Å². The quantitative estimate of drug-likeness (QED) is 0.666. The molecule has 0 radical (unpaired) electrons. The summed E-state index contributed by atoms with van der Waals surface area (Å²) in [4.78, 5) is 17.9. The maximum atomic E-state index is 13.6. The molecule has 108 valence electrons. The third-order valence-electron chi connectivity index (χ3n) is 3.21. The molecular formula is C14H14FN5O. The van der Waals surface area contributed by atoms with Gasteiger partial charge in [0.2, 0.25) is 5.96 Å². The van der Waals surface area contributed by atoms with E-state index in [2.05, 4.69) is 15.2 Å². The number of para-hydroxylation sites is 1. The molecule has 0 unspecified atom stereocenters. The van der Waals surface area contributed by atoms with Crippen molar-refractivity contribution in [2.45, 2.75) is 18.9 Å². The maximum absolute atomic E-state index is 13.6. The Morgan fingerprint density at radius 3 is 2.81 bits per heavy atom. The first kappa shape index (κ1) is 13.3. The summed E-state index contributed by atoms with van der Waals surface area (Å²) >= 11 is 0. The van der Waals surface area contributed by atoms with Gasteiger partial charge in [0.05, 0.1) is 11.8 Å². The molecule has 0 atom stereocenters. The largest absolute Gasteiger partial charge is 0.369 e. The van der Waals surface area contributed by atoms with Crippen LogP contribution in [0.1, 0.15) is 23.2 Å². The number of nitrogens with zero attached hydrogens (tertiary/aromatic N) is 3. The van der Waals surface area contributed by atoms with E-state index in [0.717, 1.165) is 12.8 Å². The van der Waals surface area contributed by atoms with Gasteiger partial charge < -0.3 is 5.73 Å². The van der Waals surface area contributed by atoms with Gasteiger partial charge in [-0.25, -0.2) is 9.38 Å². The van der Waals surface area contributed by atoms with Gasteiger partial charge in [-0.2, -0.15) is 5.10 Å². The summed E-state index contributed by atoms with van der Waals surface area (Å²) in [5.41, 5.74) is 6.43. The first-order valence-electron chi connectivity index (χ1n) is 6.58. The van der Waals surface area contributed by atoms with E-state index in [1.807, 2.05) is 0 Å². The van der Waals surface area contributed by atoms with Crippen LogP contribution >= 0.6 is 0 Å². The number of carbonyl (C=O) groups is 1. The number of carbonyl (C=O) groups excluding carboxylic acids is 1. The summed E-state index contributed by atoms with van der Waals surface area (Å²) in [5.74, 6) is -0.774. The molecule has 2 aromatic rings. The third kappa shape index (κ3) is 2.76. The highest BCUT2D eigenvalue weighted by Gasteiger charge is 2.36. The first-order valence-corrected chi connectivity index (χ1v) is 6.58. The molecule has 3 rings (SSSR count). The molecule has 0 saturated heterocycles. The number of benzene rings is 1. The highest BCUT2D eigenvalue weighted by Crippen LogP contribution is 2.29. The van der Waals surface area contributed by atoms with Crippen molar-refractivity contribution < 1.29 is 9.18 Å². The lowest BCUT2D eigenvalue weighted by atomic mass is 10.3. The van der Waals surface area contributed by atoms with Crippen molar-refractivity contribution in [3.63, 3.8) is 0 Å². The number of hydrogen-bond acceptors (Lipinski definition) is 3. The number of amides is 1. The zero-order chi connectivity index (χ0) is 14.8. The maximum Gasteiger partial charge on any atom is 0.264 e. The summed E-state index contributed by atoms with van der Waals surface area (Å²) in [7, 11) is 0. The molecule has 0 bridgehead atoms. The van der Waals surface area contributed by atoms with Crippen molar-refractivity contribution in [3.8, 4) is 0 Å². The Hall–Kier alpha value is -2.70. The van der Waals surface area contributed by atoms with Crippen LogP contribution in [-0.4, -0.2) is 33.0 Å². The van der Waals surface area contributed by atoms with Crippen molar-refractivity contribution in [3.05, 3.63) is 48.0 Å². The van der Waals surface area contributed by atoms with Gasteiger partial charge in [0.1, 0.15) is 11.5 Å². The van der Waals surface area contributed by atoms with Gasteiger partial charge in [-0.3, -0.25) is 14.8 Å². The number of nitrogens with one attached hydrogen (secondary N) is 1. The summed E-state index contributed by atoms with van der Waals surface area (Å²) in [6, 6.07) is 6.05. The highest BCUT2D eigenvalue weighted by molar-refractivity contribution is 6.06. The fraction of sp³-hybridized carbons (Fsp3) is 0.214. The topological polar surface area (TPSA) is 87.4 Å². The minimum absolute atomic E-state index is 0.00574. The van der Waals surface area contributed by atoms with Crippen LogP contribution in [0, 0.1) is 5.82 Å². The Kier molecular flexibility index (Phi) is 3.39. The van der Waals surface area contributed by atoms with E-state index in [4.69, 9.17) is 5.73 Å². The molecule has 1 heterocycles. The molecule has 1 aliphatic carbocycles. The Morgan fingerprint density at radius 2 is 2.19 bits per heavy atom. The van der Waals surface area contributed by atoms with Crippen LogP contribution in [-0.2, 0) is 0 Å². The Bertz CT molecular complexity index is 678.